The molecule has 0 heterocycles. The fraction of sp³-hybridized carbons (Fsp3) is 0.263. The van der Waals surface area contributed by atoms with Crippen LogP contribution in [-0.4, -0.2) is 44.4 Å². The third kappa shape index (κ3) is 5.12. The molecule has 5 nitrogen and oxygen atoms in total. The van der Waals surface area contributed by atoms with Gasteiger partial charge in [-0.1, -0.05) is 30.3 Å². The highest BCUT2D eigenvalue weighted by Gasteiger charge is 2.30. The molecule has 132 valence electrons. The fourth-order valence-corrected chi connectivity index (χ4v) is 2.55. The minimum atomic E-state index is -0.560. The second-order valence-corrected chi connectivity index (χ2v) is 6.15. The van der Waals surface area contributed by atoms with Gasteiger partial charge in [-0.2, -0.15) is 0 Å². The maximum absolute atomic E-state index is 13.0. The molecular formula is C19H23FN3O2+. The lowest BCUT2D eigenvalue weighted by atomic mass is 10.0. The van der Waals surface area contributed by atoms with Gasteiger partial charge in [-0.05, 0) is 24.3 Å². The van der Waals surface area contributed by atoms with Crippen molar-refractivity contribution in [2.75, 3.05) is 33.0 Å². The van der Waals surface area contributed by atoms with Gasteiger partial charge in [0.1, 0.15) is 5.82 Å². The van der Waals surface area contributed by atoms with Crippen LogP contribution in [0.5, 0.6) is 0 Å². The topological polar surface area (TPSA) is 53.9 Å². The first-order chi connectivity index (χ1) is 11.9. The molecule has 6 heteroatoms. The average Bonchev–Trinajstić information content (AvgIpc) is 2.58. The molecule has 0 aliphatic heterocycles. The highest BCUT2D eigenvalue weighted by molar-refractivity contribution is 5.94. The predicted octanol–water partition coefficient (Wildman–Crippen LogP) is 1.11. The van der Waals surface area contributed by atoms with Crippen LogP contribution in [0.3, 0.4) is 0 Å². The quantitative estimate of drug-likeness (QED) is 0.825. The number of rotatable bonds is 6. The van der Waals surface area contributed by atoms with Crippen molar-refractivity contribution < 1.29 is 18.9 Å². The third-order valence-corrected chi connectivity index (χ3v) is 3.93. The summed E-state index contributed by atoms with van der Waals surface area (Å²) in [5, 5.41) is 2.80. The van der Waals surface area contributed by atoms with Crippen LogP contribution in [0.4, 0.5) is 10.1 Å². The van der Waals surface area contributed by atoms with E-state index in [-0.39, 0.29) is 24.2 Å². The fourth-order valence-electron chi connectivity index (χ4n) is 2.55. The first-order valence-corrected chi connectivity index (χ1v) is 8.02. The van der Waals surface area contributed by atoms with Gasteiger partial charge in [0.15, 0.2) is 12.6 Å². The Bertz CT molecular complexity index is 717. The molecule has 0 aromatic heterocycles. The number of quaternary nitrogens is 1. The molecule has 2 aromatic rings. The van der Waals surface area contributed by atoms with Crippen LogP contribution in [0.25, 0.3) is 0 Å². The van der Waals surface area contributed by atoms with E-state index in [0.29, 0.717) is 5.69 Å². The number of hydrogen-bond acceptors (Lipinski definition) is 2. The Labute approximate surface area is 147 Å². The van der Waals surface area contributed by atoms with E-state index in [9.17, 15) is 14.0 Å². The Morgan fingerprint density at radius 1 is 1.08 bits per heavy atom. The molecule has 1 unspecified atom stereocenters. The van der Waals surface area contributed by atoms with Crippen LogP contribution < -0.4 is 10.2 Å². The van der Waals surface area contributed by atoms with Gasteiger partial charge in [0.05, 0.1) is 7.05 Å². The van der Waals surface area contributed by atoms with E-state index in [1.807, 2.05) is 37.4 Å². The van der Waals surface area contributed by atoms with E-state index in [2.05, 4.69) is 5.32 Å². The molecule has 2 N–H and O–H groups in total. The standard InChI is InChI=1S/C19H22FN3O2/c1-22(2)17(24)13-23(3)18(14-7-5-4-6-8-14)19(25)21-16-11-9-15(20)10-12-16/h4-12,18H,13H2,1-3H3,(H,21,25)/p+1/t18-/m1/s1. The van der Waals surface area contributed by atoms with Crippen molar-refractivity contribution in [3.8, 4) is 0 Å². The number of hydrogen-bond donors (Lipinski definition) is 2. The zero-order valence-electron chi connectivity index (χ0n) is 14.6. The average molecular weight is 344 g/mol. The van der Waals surface area contributed by atoms with Crippen molar-refractivity contribution in [3.05, 3.63) is 66.0 Å². The highest BCUT2D eigenvalue weighted by atomic mass is 19.1. The molecule has 0 saturated carbocycles. The van der Waals surface area contributed by atoms with Crippen molar-refractivity contribution in [1.29, 1.82) is 0 Å². The lowest BCUT2D eigenvalue weighted by molar-refractivity contribution is -0.894. The molecule has 0 radical (unpaired) electrons. The van der Waals surface area contributed by atoms with Crippen molar-refractivity contribution in [2.45, 2.75) is 6.04 Å². The second-order valence-electron chi connectivity index (χ2n) is 6.15. The number of nitrogens with zero attached hydrogens (tertiary/aromatic N) is 1. The lowest BCUT2D eigenvalue weighted by Crippen LogP contribution is -3.11. The third-order valence-electron chi connectivity index (χ3n) is 3.93. The largest absolute Gasteiger partial charge is 0.344 e. The van der Waals surface area contributed by atoms with E-state index in [0.717, 1.165) is 10.5 Å². The summed E-state index contributed by atoms with van der Waals surface area (Å²) in [5.41, 5.74) is 1.32. The number of carbonyl (C=O) groups is 2. The number of anilines is 1. The van der Waals surface area contributed by atoms with Gasteiger partial charge in [0.2, 0.25) is 0 Å². The van der Waals surface area contributed by atoms with E-state index in [1.54, 1.807) is 14.1 Å². The number of likely N-dealkylation sites (N-methyl/N-ethyl adjacent to an activating group) is 2. The molecule has 2 rings (SSSR count). The number of amides is 2. The Morgan fingerprint density at radius 3 is 2.24 bits per heavy atom. The van der Waals surface area contributed by atoms with E-state index < -0.39 is 6.04 Å². The van der Waals surface area contributed by atoms with Gasteiger partial charge in [-0.15, -0.1) is 0 Å². The predicted molar refractivity (Wildman–Crippen MR) is 94.7 cm³/mol. The second kappa shape index (κ2) is 8.39. The summed E-state index contributed by atoms with van der Waals surface area (Å²) in [5.74, 6) is -0.674. The monoisotopic (exact) mass is 344 g/mol. The Balaban J connectivity index is 2.23. The zero-order valence-corrected chi connectivity index (χ0v) is 14.6. The van der Waals surface area contributed by atoms with Gasteiger partial charge in [-0.3, -0.25) is 9.59 Å². The molecule has 0 aliphatic carbocycles. The summed E-state index contributed by atoms with van der Waals surface area (Å²) in [6, 6.07) is 14.3. The van der Waals surface area contributed by atoms with Crippen LogP contribution >= 0.6 is 0 Å². The molecule has 0 aliphatic rings. The molecule has 0 saturated heterocycles. The first-order valence-electron chi connectivity index (χ1n) is 8.02. The Morgan fingerprint density at radius 2 is 1.68 bits per heavy atom. The van der Waals surface area contributed by atoms with Gasteiger partial charge < -0.3 is 15.1 Å². The first kappa shape index (κ1) is 18.6. The maximum Gasteiger partial charge on any atom is 0.287 e. The summed E-state index contributed by atoms with van der Waals surface area (Å²) < 4.78 is 13.0. The van der Waals surface area contributed by atoms with Crippen LogP contribution in [0, 0.1) is 5.82 Å². The molecule has 0 spiro atoms. The summed E-state index contributed by atoms with van der Waals surface area (Å²) >= 11 is 0. The highest BCUT2D eigenvalue weighted by Crippen LogP contribution is 2.14. The van der Waals surface area contributed by atoms with Crippen molar-refractivity contribution in [3.63, 3.8) is 0 Å². The molecule has 0 bridgehead atoms. The van der Waals surface area contributed by atoms with E-state index in [1.165, 1.54) is 29.2 Å². The maximum atomic E-state index is 13.0. The molecule has 2 amide bonds. The molecule has 2 atom stereocenters. The van der Waals surface area contributed by atoms with Gasteiger partial charge in [0.25, 0.3) is 11.8 Å². The summed E-state index contributed by atoms with van der Waals surface area (Å²) in [6.45, 7) is 0.184. The Hall–Kier alpha value is -2.73. The minimum Gasteiger partial charge on any atom is -0.344 e. The Kier molecular flexibility index (Phi) is 6.25. The SMILES string of the molecule is CN(C)C(=O)C[NH+](C)[C@@H](C(=O)Nc1ccc(F)cc1)c1ccccc1. The lowest BCUT2D eigenvalue weighted by Gasteiger charge is -2.25. The van der Waals surface area contributed by atoms with Crippen molar-refractivity contribution >= 4 is 17.5 Å². The van der Waals surface area contributed by atoms with Crippen molar-refractivity contribution in [2.24, 2.45) is 0 Å². The van der Waals surface area contributed by atoms with E-state index in [4.69, 9.17) is 0 Å². The van der Waals surface area contributed by atoms with Crippen molar-refractivity contribution in [1.82, 2.24) is 4.90 Å². The van der Waals surface area contributed by atoms with Crippen LogP contribution in [0.15, 0.2) is 54.6 Å². The summed E-state index contributed by atoms with van der Waals surface area (Å²) in [4.78, 5) is 27.1. The molecule has 0 fully saturated rings. The molecule has 2 aromatic carbocycles. The van der Waals surface area contributed by atoms with Crippen LogP contribution in [0.1, 0.15) is 11.6 Å². The molecular weight excluding hydrogens is 321 g/mol. The van der Waals surface area contributed by atoms with Gasteiger partial charge in [0, 0.05) is 25.3 Å². The summed E-state index contributed by atoms with van der Waals surface area (Å²) in [7, 11) is 5.18. The summed E-state index contributed by atoms with van der Waals surface area (Å²) in [6.07, 6.45) is 0. The number of benzene rings is 2. The normalized spacial score (nSPS) is 13.0. The number of halogens is 1. The smallest absolute Gasteiger partial charge is 0.287 e. The van der Waals surface area contributed by atoms with Gasteiger partial charge >= 0.3 is 0 Å². The number of nitrogens with one attached hydrogen (secondary N) is 2. The molecule has 25 heavy (non-hydrogen) atoms. The minimum absolute atomic E-state index is 0.0620. The van der Waals surface area contributed by atoms with Crippen LogP contribution in [0.2, 0.25) is 0 Å². The number of carbonyl (C=O) groups excluding carboxylic acids is 2. The zero-order chi connectivity index (χ0) is 18.4. The van der Waals surface area contributed by atoms with Gasteiger partial charge in [-0.25, -0.2) is 4.39 Å². The van der Waals surface area contributed by atoms with Crippen LogP contribution in [-0.2, 0) is 9.59 Å². The van der Waals surface area contributed by atoms with E-state index >= 15 is 0 Å².